The van der Waals surface area contributed by atoms with Crippen molar-refractivity contribution < 1.29 is 27.5 Å². The zero-order valence-corrected chi connectivity index (χ0v) is 26.2. The van der Waals surface area contributed by atoms with E-state index in [0.717, 1.165) is 37.3 Å². The molecule has 2 aliphatic rings. The molecule has 11 heteroatoms. The molecule has 2 atom stereocenters. The summed E-state index contributed by atoms with van der Waals surface area (Å²) in [6.07, 6.45) is -2.81. The summed E-state index contributed by atoms with van der Waals surface area (Å²) in [6.45, 7) is 7.20. The summed E-state index contributed by atoms with van der Waals surface area (Å²) in [4.78, 5) is 20.7. The van der Waals surface area contributed by atoms with Gasteiger partial charge in [-0.1, -0.05) is 23.7 Å². The largest absolute Gasteiger partial charge is 0.480 e. The predicted octanol–water partition coefficient (Wildman–Crippen LogP) is 6.27. The maximum atomic E-state index is 14.9. The van der Waals surface area contributed by atoms with Crippen molar-refractivity contribution in [1.29, 1.82) is 0 Å². The number of likely N-dealkylation sites (tertiary alicyclic amines) is 1. The molecule has 2 aromatic carbocycles. The Kier molecular flexibility index (Phi) is 11.1. The summed E-state index contributed by atoms with van der Waals surface area (Å²) in [6, 6.07) is 7.90. The molecular formula is C32H43ClF4N4O2. The van der Waals surface area contributed by atoms with Crippen molar-refractivity contribution in [3.63, 3.8) is 0 Å². The standard InChI is InChI=1S/C32H43ClF4N4O2/c1-21-17-24(19-25(33)18-21)28(41-15-13-38(3)14-16-41)9-10-39(4)30(31(42)43)26-5-6-27(34)22(2)29(26)23-7-11-40(12-8-23)20-32(35,36)37/h5-6,17-19,23,28,30H,7-16,20H2,1-4H3,(H,42,43)/t28-,30?/m0/s1. The lowest BCUT2D eigenvalue weighted by atomic mass is 9.81. The third-order valence-corrected chi connectivity index (χ3v) is 9.25. The maximum Gasteiger partial charge on any atom is 0.401 e. The number of hydrogen-bond acceptors (Lipinski definition) is 5. The van der Waals surface area contributed by atoms with Crippen LogP contribution in [0.15, 0.2) is 30.3 Å². The first-order valence-corrected chi connectivity index (χ1v) is 15.3. The van der Waals surface area contributed by atoms with E-state index < -0.39 is 30.5 Å². The van der Waals surface area contributed by atoms with Crippen LogP contribution >= 0.6 is 11.6 Å². The van der Waals surface area contributed by atoms with Crippen LogP contribution in [0.2, 0.25) is 5.02 Å². The van der Waals surface area contributed by atoms with Crippen LogP contribution in [-0.2, 0) is 4.79 Å². The number of carboxylic acid groups (broad SMARTS) is 1. The number of nitrogens with zero attached hydrogens (tertiary/aromatic N) is 4. The first-order valence-electron chi connectivity index (χ1n) is 14.9. The number of benzene rings is 2. The van der Waals surface area contributed by atoms with Gasteiger partial charge in [0.1, 0.15) is 11.9 Å². The molecule has 0 radical (unpaired) electrons. The Labute approximate surface area is 257 Å². The molecule has 0 saturated carbocycles. The quantitative estimate of drug-likeness (QED) is 0.314. The number of rotatable bonds is 10. The predicted molar refractivity (Wildman–Crippen MR) is 161 cm³/mol. The topological polar surface area (TPSA) is 50.3 Å². The Morgan fingerprint density at radius 3 is 2.30 bits per heavy atom. The monoisotopic (exact) mass is 626 g/mol. The van der Waals surface area contributed by atoms with Crippen LogP contribution in [0.5, 0.6) is 0 Å². The minimum absolute atomic E-state index is 0.0374. The van der Waals surface area contributed by atoms with E-state index in [-0.39, 0.29) is 25.0 Å². The van der Waals surface area contributed by atoms with Gasteiger partial charge in [-0.25, -0.2) is 4.39 Å². The smallest absolute Gasteiger partial charge is 0.401 e. The minimum atomic E-state index is -4.28. The molecule has 2 heterocycles. The van der Waals surface area contributed by atoms with E-state index in [1.54, 1.807) is 24.9 Å². The first kappa shape index (κ1) is 33.6. The molecule has 2 aromatic rings. The van der Waals surface area contributed by atoms with Crippen LogP contribution < -0.4 is 0 Å². The lowest BCUT2D eigenvalue weighted by molar-refractivity contribution is -0.148. The van der Waals surface area contributed by atoms with E-state index in [4.69, 9.17) is 11.6 Å². The second-order valence-corrected chi connectivity index (χ2v) is 12.7. The average Bonchev–Trinajstić information content (AvgIpc) is 2.91. The molecule has 2 aliphatic heterocycles. The molecule has 0 amide bonds. The third-order valence-electron chi connectivity index (χ3n) is 9.03. The van der Waals surface area contributed by atoms with Gasteiger partial charge in [0.05, 0.1) is 6.54 Å². The summed E-state index contributed by atoms with van der Waals surface area (Å²) in [5.41, 5.74) is 3.66. The van der Waals surface area contributed by atoms with Gasteiger partial charge in [-0.05, 0) is 112 Å². The number of hydrogen-bond donors (Lipinski definition) is 1. The zero-order valence-electron chi connectivity index (χ0n) is 25.4. The molecule has 6 nitrogen and oxygen atoms in total. The molecule has 0 spiro atoms. The van der Waals surface area contributed by atoms with E-state index in [0.29, 0.717) is 47.5 Å². The summed E-state index contributed by atoms with van der Waals surface area (Å²) < 4.78 is 53.8. The molecule has 4 rings (SSSR count). The fourth-order valence-electron chi connectivity index (χ4n) is 6.80. The fraction of sp³-hybridized carbons (Fsp3) is 0.594. The first-order chi connectivity index (χ1) is 20.2. The SMILES string of the molecule is Cc1cc(Cl)cc([C@H](CCN(C)C(C(=O)O)c2ccc(F)c(C)c2C2CCN(CC(F)(F)F)CC2)N2CCN(C)CC2)c1. The van der Waals surface area contributed by atoms with E-state index in [2.05, 4.69) is 22.9 Å². The number of halogens is 5. The van der Waals surface area contributed by atoms with E-state index in [9.17, 15) is 27.5 Å². The van der Waals surface area contributed by atoms with Gasteiger partial charge in [-0.2, -0.15) is 13.2 Å². The number of carboxylic acids is 1. The molecule has 1 N–H and O–H groups in total. The molecule has 43 heavy (non-hydrogen) atoms. The molecule has 238 valence electrons. The van der Waals surface area contributed by atoms with Crippen molar-refractivity contribution in [2.75, 3.05) is 66.5 Å². The highest BCUT2D eigenvalue weighted by Crippen LogP contribution is 2.39. The van der Waals surface area contributed by atoms with Crippen molar-refractivity contribution in [2.45, 2.75) is 57.3 Å². The second kappa shape index (κ2) is 14.2. The van der Waals surface area contributed by atoms with Crippen molar-refractivity contribution in [1.82, 2.24) is 19.6 Å². The number of likely N-dealkylation sites (N-methyl/N-ethyl adjacent to an activating group) is 2. The Hall–Kier alpha value is -2.24. The van der Waals surface area contributed by atoms with Crippen molar-refractivity contribution >= 4 is 17.6 Å². The van der Waals surface area contributed by atoms with E-state index in [1.807, 2.05) is 19.1 Å². The summed E-state index contributed by atoms with van der Waals surface area (Å²) >= 11 is 6.45. The van der Waals surface area contributed by atoms with Gasteiger partial charge >= 0.3 is 12.1 Å². The third kappa shape index (κ3) is 8.69. The molecular weight excluding hydrogens is 584 g/mol. The highest BCUT2D eigenvalue weighted by molar-refractivity contribution is 6.30. The van der Waals surface area contributed by atoms with Gasteiger partial charge in [0.25, 0.3) is 0 Å². The van der Waals surface area contributed by atoms with Gasteiger partial charge in [-0.3, -0.25) is 19.5 Å². The zero-order chi connectivity index (χ0) is 31.5. The highest BCUT2D eigenvalue weighted by atomic mass is 35.5. The van der Waals surface area contributed by atoms with Gasteiger partial charge in [0.15, 0.2) is 0 Å². The van der Waals surface area contributed by atoms with Crippen molar-refractivity contribution in [3.05, 3.63) is 69.0 Å². The Bertz CT molecular complexity index is 1240. The van der Waals surface area contributed by atoms with Crippen molar-refractivity contribution in [2.24, 2.45) is 0 Å². The lowest BCUT2D eigenvalue weighted by Gasteiger charge is -2.39. The van der Waals surface area contributed by atoms with E-state index in [1.165, 1.54) is 11.0 Å². The number of alkyl halides is 3. The van der Waals surface area contributed by atoms with Crippen LogP contribution in [-0.4, -0.2) is 103 Å². The molecule has 1 unspecified atom stereocenters. The molecule has 2 fully saturated rings. The van der Waals surface area contributed by atoms with E-state index >= 15 is 0 Å². The molecule has 0 aromatic heterocycles. The number of aryl methyl sites for hydroxylation is 1. The maximum absolute atomic E-state index is 14.9. The summed E-state index contributed by atoms with van der Waals surface area (Å²) in [5, 5.41) is 11.1. The summed E-state index contributed by atoms with van der Waals surface area (Å²) in [5.74, 6) is -1.70. The Morgan fingerprint density at radius 1 is 1.07 bits per heavy atom. The van der Waals surface area contributed by atoms with Crippen LogP contribution in [0.25, 0.3) is 0 Å². The van der Waals surface area contributed by atoms with Crippen molar-refractivity contribution in [3.8, 4) is 0 Å². The normalized spacial score (nSPS) is 19.6. The summed E-state index contributed by atoms with van der Waals surface area (Å²) in [7, 11) is 3.88. The van der Waals surface area contributed by atoms with Gasteiger partial charge in [0.2, 0.25) is 0 Å². The second-order valence-electron chi connectivity index (χ2n) is 12.3. The van der Waals surface area contributed by atoms with Crippen LogP contribution in [0.3, 0.4) is 0 Å². The van der Waals surface area contributed by atoms with Crippen LogP contribution in [0.4, 0.5) is 17.6 Å². The number of piperidine rings is 1. The van der Waals surface area contributed by atoms with Crippen LogP contribution in [0.1, 0.15) is 65.1 Å². The van der Waals surface area contributed by atoms with Gasteiger partial charge in [-0.15, -0.1) is 0 Å². The molecule has 0 aliphatic carbocycles. The lowest BCUT2D eigenvalue weighted by Crippen LogP contribution is -2.46. The highest BCUT2D eigenvalue weighted by Gasteiger charge is 2.36. The fourth-order valence-corrected chi connectivity index (χ4v) is 7.10. The number of aliphatic carboxylic acids is 1. The average molecular weight is 627 g/mol. The molecule has 0 bridgehead atoms. The van der Waals surface area contributed by atoms with Gasteiger partial charge in [0, 0.05) is 43.8 Å². The molecule has 2 saturated heterocycles. The Balaban J connectivity index is 1.58. The minimum Gasteiger partial charge on any atom is -0.480 e. The number of piperazine rings is 1. The van der Waals surface area contributed by atoms with Gasteiger partial charge < -0.3 is 10.0 Å². The van der Waals surface area contributed by atoms with Crippen LogP contribution in [0, 0.1) is 19.7 Å². The Morgan fingerprint density at radius 2 is 1.72 bits per heavy atom. The number of carbonyl (C=O) groups is 1.